The molecule has 0 spiro atoms. The van der Waals surface area contributed by atoms with Crippen LogP contribution in [0.2, 0.25) is 0 Å². The van der Waals surface area contributed by atoms with Crippen molar-refractivity contribution in [3.63, 3.8) is 0 Å². The van der Waals surface area contributed by atoms with Crippen LogP contribution in [0, 0.1) is 11.8 Å². The van der Waals surface area contributed by atoms with E-state index in [-0.39, 0.29) is 0 Å². The van der Waals surface area contributed by atoms with Gasteiger partial charge < -0.3 is 10.6 Å². The van der Waals surface area contributed by atoms with Gasteiger partial charge in [-0.2, -0.15) is 0 Å². The van der Waals surface area contributed by atoms with Crippen LogP contribution in [0.1, 0.15) is 10.4 Å². The van der Waals surface area contributed by atoms with Crippen molar-refractivity contribution in [1.82, 2.24) is 14.7 Å². The summed E-state index contributed by atoms with van der Waals surface area (Å²) in [4.78, 5) is 8.71. The standard InChI is InChI=1S/C16H26N4S/c1-18(2)7-8-19-9-11-20(12-10-19)14-16-15(4-3-6-17)5-13-21-16/h5,13H,6-12,14,17H2,1-2H3. The van der Waals surface area contributed by atoms with Crippen LogP contribution in [0.5, 0.6) is 0 Å². The molecule has 2 rings (SSSR count). The second-order valence-corrected chi connectivity index (χ2v) is 6.69. The number of hydrogen-bond acceptors (Lipinski definition) is 5. The maximum Gasteiger partial charge on any atom is 0.0555 e. The molecular formula is C16H26N4S. The number of nitrogens with two attached hydrogens (primary N) is 1. The Bertz CT molecular complexity index is 478. The summed E-state index contributed by atoms with van der Waals surface area (Å²) in [6.07, 6.45) is 0. The second-order valence-electron chi connectivity index (χ2n) is 5.68. The lowest BCUT2D eigenvalue weighted by Crippen LogP contribution is -2.47. The molecule has 1 aromatic heterocycles. The van der Waals surface area contributed by atoms with Gasteiger partial charge in [0.2, 0.25) is 0 Å². The molecule has 1 aliphatic rings. The van der Waals surface area contributed by atoms with Crippen LogP contribution in [0.3, 0.4) is 0 Å². The van der Waals surface area contributed by atoms with E-state index in [1.807, 2.05) is 0 Å². The average Bonchev–Trinajstić information content (AvgIpc) is 2.91. The Morgan fingerprint density at radius 2 is 1.95 bits per heavy atom. The van der Waals surface area contributed by atoms with E-state index in [1.165, 1.54) is 24.5 Å². The second kappa shape index (κ2) is 8.52. The molecule has 1 fully saturated rings. The Balaban J connectivity index is 1.80. The van der Waals surface area contributed by atoms with Crippen LogP contribution in [0.25, 0.3) is 0 Å². The van der Waals surface area contributed by atoms with E-state index in [1.54, 1.807) is 11.3 Å². The molecule has 0 unspecified atom stereocenters. The van der Waals surface area contributed by atoms with Gasteiger partial charge in [-0.05, 0) is 25.5 Å². The molecule has 0 aromatic carbocycles. The maximum atomic E-state index is 5.45. The number of likely N-dealkylation sites (N-methyl/N-ethyl adjacent to an activating group) is 1. The van der Waals surface area contributed by atoms with Gasteiger partial charge in [0.05, 0.1) is 6.54 Å². The monoisotopic (exact) mass is 306 g/mol. The van der Waals surface area contributed by atoms with E-state index in [9.17, 15) is 0 Å². The summed E-state index contributed by atoms with van der Waals surface area (Å²) in [5.74, 6) is 6.13. The highest BCUT2D eigenvalue weighted by atomic mass is 32.1. The van der Waals surface area contributed by atoms with Crippen molar-refractivity contribution in [2.45, 2.75) is 6.54 Å². The molecule has 5 heteroatoms. The molecule has 1 saturated heterocycles. The fraction of sp³-hybridized carbons (Fsp3) is 0.625. The zero-order chi connectivity index (χ0) is 15.1. The molecule has 0 aliphatic carbocycles. The van der Waals surface area contributed by atoms with Crippen LogP contribution >= 0.6 is 11.3 Å². The topological polar surface area (TPSA) is 35.7 Å². The highest BCUT2D eigenvalue weighted by molar-refractivity contribution is 7.10. The molecule has 21 heavy (non-hydrogen) atoms. The number of hydrogen-bond donors (Lipinski definition) is 1. The highest BCUT2D eigenvalue weighted by Crippen LogP contribution is 2.19. The SMILES string of the molecule is CN(C)CCN1CCN(Cc2sccc2C#CCN)CC1. The zero-order valence-corrected chi connectivity index (χ0v) is 14.0. The van der Waals surface area contributed by atoms with Crippen molar-refractivity contribution >= 4 is 11.3 Å². The molecule has 2 N–H and O–H groups in total. The first kappa shape index (κ1) is 16.5. The lowest BCUT2D eigenvalue weighted by molar-refractivity contribution is 0.121. The third-order valence-electron chi connectivity index (χ3n) is 3.77. The smallest absolute Gasteiger partial charge is 0.0555 e. The van der Waals surface area contributed by atoms with Gasteiger partial charge in [0, 0.05) is 56.3 Å². The summed E-state index contributed by atoms with van der Waals surface area (Å²) in [6.45, 7) is 8.40. The number of piperazine rings is 1. The first-order chi connectivity index (χ1) is 10.2. The van der Waals surface area contributed by atoms with Gasteiger partial charge in [0.1, 0.15) is 0 Å². The van der Waals surface area contributed by atoms with E-state index in [0.29, 0.717) is 6.54 Å². The summed E-state index contributed by atoms with van der Waals surface area (Å²) in [5, 5.41) is 2.13. The predicted molar refractivity (Wildman–Crippen MR) is 90.5 cm³/mol. The zero-order valence-electron chi connectivity index (χ0n) is 13.1. The fourth-order valence-corrected chi connectivity index (χ4v) is 3.31. The minimum absolute atomic E-state index is 0.430. The minimum Gasteiger partial charge on any atom is -0.320 e. The van der Waals surface area contributed by atoms with E-state index >= 15 is 0 Å². The Kier molecular flexibility index (Phi) is 6.68. The molecule has 0 bridgehead atoms. The number of nitrogens with zero attached hydrogens (tertiary/aromatic N) is 3. The fourth-order valence-electron chi connectivity index (χ4n) is 2.44. The third kappa shape index (κ3) is 5.42. The Morgan fingerprint density at radius 3 is 2.62 bits per heavy atom. The Labute approximate surface area is 132 Å². The summed E-state index contributed by atoms with van der Waals surface area (Å²) in [5.41, 5.74) is 6.61. The molecule has 1 aromatic rings. The molecular weight excluding hydrogens is 280 g/mol. The summed E-state index contributed by atoms with van der Waals surface area (Å²) >= 11 is 1.80. The normalized spacial score (nSPS) is 17.0. The van der Waals surface area contributed by atoms with Crippen molar-refractivity contribution in [3.05, 3.63) is 21.9 Å². The van der Waals surface area contributed by atoms with Crippen LogP contribution < -0.4 is 5.73 Å². The number of rotatable bonds is 5. The minimum atomic E-state index is 0.430. The number of thiophene rings is 1. The van der Waals surface area contributed by atoms with E-state index in [4.69, 9.17) is 5.73 Å². The highest BCUT2D eigenvalue weighted by Gasteiger charge is 2.17. The Morgan fingerprint density at radius 1 is 1.24 bits per heavy atom. The lowest BCUT2D eigenvalue weighted by atomic mass is 10.2. The van der Waals surface area contributed by atoms with E-state index < -0.39 is 0 Å². The van der Waals surface area contributed by atoms with E-state index in [2.05, 4.69) is 52.1 Å². The first-order valence-electron chi connectivity index (χ1n) is 7.54. The average molecular weight is 306 g/mol. The molecule has 0 radical (unpaired) electrons. The molecule has 1 aliphatic heterocycles. The van der Waals surface area contributed by atoms with Gasteiger partial charge in [-0.15, -0.1) is 11.3 Å². The molecule has 0 saturated carbocycles. The third-order valence-corrected chi connectivity index (χ3v) is 4.67. The van der Waals surface area contributed by atoms with Crippen molar-refractivity contribution in [3.8, 4) is 11.8 Å². The van der Waals surface area contributed by atoms with Crippen molar-refractivity contribution in [2.24, 2.45) is 5.73 Å². The van der Waals surface area contributed by atoms with Crippen LogP contribution in [-0.2, 0) is 6.54 Å². The van der Waals surface area contributed by atoms with Gasteiger partial charge in [0.15, 0.2) is 0 Å². The van der Waals surface area contributed by atoms with Gasteiger partial charge in [-0.1, -0.05) is 11.8 Å². The molecule has 0 amide bonds. The molecule has 0 atom stereocenters. The van der Waals surface area contributed by atoms with Crippen molar-refractivity contribution < 1.29 is 0 Å². The summed E-state index contributed by atoms with van der Waals surface area (Å²) in [7, 11) is 4.27. The lowest BCUT2D eigenvalue weighted by Gasteiger charge is -2.35. The van der Waals surface area contributed by atoms with Crippen molar-refractivity contribution in [2.75, 3.05) is 59.9 Å². The largest absolute Gasteiger partial charge is 0.320 e. The molecule has 4 nitrogen and oxygen atoms in total. The summed E-state index contributed by atoms with van der Waals surface area (Å²) < 4.78 is 0. The predicted octanol–water partition coefficient (Wildman–Crippen LogP) is 0.738. The van der Waals surface area contributed by atoms with Gasteiger partial charge >= 0.3 is 0 Å². The quantitative estimate of drug-likeness (QED) is 0.814. The van der Waals surface area contributed by atoms with Crippen LogP contribution in [-0.4, -0.2) is 74.6 Å². The van der Waals surface area contributed by atoms with E-state index in [0.717, 1.165) is 31.7 Å². The van der Waals surface area contributed by atoms with Crippen molar-refractivity contribution in [1.29, 1.82) is 0 Å². The van der Waals surface area contributed by atoms with Gasteiger partial charge in [-0.25, -0.2) is 0 Å². The van der Waals surface area contributed by atoms with Gasteiger partial charge in [-0.3, -0.25) is 9.80 Å². The van der Waals surface area contributed by atoms with Crippen LogP contribution in [0.15, 0.2) is 11.4 Å². The first-order valence-corrected chi connectivity index (χ1v) is 8.41. The van der Waals surface area contributed by atoms with Crippen LogP contribution in [0.4, 0.5) is 0 Å². The Hall–Kier alpha value is -0.900. The van der Waals surface area contributed by atoms with Gasteiger partial charge in [0.25, 0.3) is 0 Å². The molecule has 2 heterocycles. The maximum absolute atomic E-state index is 5.45. The molecule has 116 valence electrons. The summed E-state index contributed by atoms with van der Waals surface area (Å²) in [6, 6.07) is 2.11.